The monoisotopic (exact) mass is 708 g/mol. The maximum atomic E-state index is 6.45. The predicted octanol–water partition coefficient (Wildman–Crippen LogP) is 13.5. The van der Waals surface area contributed by atoms with Gasteiger partial charge in [-0.25, -0.2) is 0 Å². The molecular formula is C51H40N4. The van der Waals surface area contributed by atoms with Crippen LogP contribution in [0.1, 0.15) is 18.1 Å². The van der Waals surface area contributed by atoms with E-state index in [-0.39, 0.29) is 0 Å². The van der Waals surface area contributed by atoms with E-state index < -0.39 is 5.54 Å². The van der Waals surface area contributed by atoms with Crippen LogP contribution in [-0.4, -0.2) is 6.21 Å². The lowest BCUT2D eigenvalue weighted by molar-refractivity contribution is 0.629. The van der Waals surface area contributed by atoms with Crippen LogP contribution in [0.15, 0.2) is 194 Å². The number of hydrogen-bond donors (Lipinski definition) is 3. The number of hydrogen-bond acceptors (Lipinski definition) is 4. The summed E-state index contributed by atoms with van der Waals surface area (Å²) in [5.41, 5.74) is 19.8. The Kier molecular flexibility index (Phi) is 8.56. The largest absolute Gasteiger partial charge is 0.399 e. The van der Waals surface area contributed by atoms with E-state index in [1.165, 1.54) is 22.3 Å². The van der Waals surface area contributed by atoms with E-state index in [9.17, 15) is 0 Å². The highest BCUT2D eigenvalue weighted by Crippen LogP contribution is 2.54. The van der Waals surface area contributed by atoms with Gasteiger partial charge in [-0.2, -0.15) is 0 Å². The molecule has 8 aromatic carbocycles. The lowest BCUT2D eigenvalue weighted by atomic mass is 9.87. The highest BCUT2D eigenvalue weighted by atomic mass is 14.9. The summed E-state index contributed by atoms with van der Waals surface area (Å²) < 4.78 is 0. The molecular weight excluding hydrogens is 669 g/mol. The first-order valence-electron chi connectivity index (χ1n) is 18.6. The lowest BCUT2D eigenvalue weighted by Gasteiger charge is -2.25. The topological polar surface area (TPSA) is 62.4 Å². The Labute approximate surface area is 322 Å². The molecule has 9 rings (SSSR count). The Hall–Kier alpha value is -7.17. The van der Waals surface area contributed by atoms with Crippen molar-refractivity contribution in [3.8, 4) is 33.4 Å². The van der Waals surface area contributed by atoms with Crippen molar-refractivity contribution in [3.05, 3.63) is 200 Å². The van der Waals surface area contributed by atoms with E-state index in [0.717, 1.165) is 66.5 Å². The van der Waals surface area contributed by atoms with Crippen molar-refractivity contribution in [2.24, 2.45) is 4.99 Å². The molecule has 4 nitrogen and oxygen atoms in total. The second-order valence-electron chi connectivity index (χ2n) is 14.2. The van der Waals surface area contributed by atoms with Gasteiger partial charge >= 0.3 is 0 Å². The van der Waals surface area contributed by atoms with Gasteiger partial charge in [0, 0.05) is 44.8 Å². The van der Waals surface area contributed by atoms with Gasteiger partial charge < -0.3 is 16.4 Å². The minimum absolute atomic E-state index is 0.666. The molecule has 0 heterocycles. The molecule has 0 fully saturated rings. The fraction of sp³-hybridized carbons (Fsp3) is 0.0392. The quantitative estimate of drug-likeness (QED) is 0.0460. The van der Waals surface area contributed by atoms with Crippen LogP contribution in [0.25, 0.3) is 54.9 Å². The third-order valence-electron chi connectivity index (χ3n) is 10.7. The number of nitrogens with zero attached hydrogens (tertiary/aromatic N) is 1. The highest BCUT2D eigenvalue weighted by Gasteiger charge is 2.40. The Bertz CT molecular complexity index is 2770. The van der Waals surface area contributed by atoms with Crippen molar-refractivity contribution in [2.45, 2.75) is 12.5 Å². The molecule has 0 amide bonds. The normalized spacial score (nSPS) is 14.7. The van der Waals surface area contributed by atoms with Gasteiger partial charge in [0.15, 0.2) is 0 Å². The number of anilines is 5. The summed E-state index contributed by atoms with van der Waals surface area (Å²) in [5.74, 6) is 0. The van der Waals surface area contributed by atoms with E-state index in [4.69, 9.17) is 10.7 Å². The van der Waals surface area contributed by atoms with E-state index in [1.54, 1.807) is 6.08 Å². The van der Waals surface area contributed by atoms with E-state index >= 15 is 0 Å². The molecule has 0 spiro atoms. The fourth-order valence-corrected chi connectivity index (χ4v) is 7.96. The number of benzene rings is 8. The summed E-state index contributed by atoms with van der Waals surface area (Å²) in [6, 6.07) is 57.9. The second kappa shape index (κ2) is 14.0. The first-order chi connectivity index (χ1) is 27.0. The molecule has 1 atom stereocenters. The molecule has 0 aliphatic heterocycles. The number of nitrogens with one attached hydrogen (secondary N) is 2. The number of nitrogens with two attached hydrogens (primary N) is 1. The molecule has 4 heteroatoms. The number of nitrogen functional groups attached to an aromatic ring is 1. The molecule has 0 radical (unpaired) electrons. The predicted molar refractivity (Wildman–Crippen MR) is 236 cm³/mol. The van der Waals surface area contributed by atoms with Crippen molar-refractivity contribution >= 4 is 56.2 Å². The zero-order valence-electron chi connectivity index (χ0n) is 30.6. The summed E-state index contributed by atoms with van der Waals surface area (Å²) in [7, 11) is 0. The van der Waals surface area contributed by atoms with Gasteiger partial charge in [-0.05, 0) is 106 Å². The molecule has 0 saturated heterocycles. The fourth-order valence-electron chi connectivity index (χ4n) is 7.96. The van der Waals surface area contributed by atoms with Crippen LogP contribution >= 0.6 is 0 Å². The van der Waals surface area contributed by atoms with Gasteiger partial charge in [-0.3, -0.25) is 4.99 Å². The van der Waals surface area contributed by atoms with Gasteiger partial charge in [0.05, 0.1) is 11.4 Å². The molecule has 1 aliphatic carbocycles. The van der Waals surface area contributed by atoms with Gasteiger partial charge in [-0.15, -0.1) is 0 Å². The molecule has 8 aromatic rings. The minimum atomic E-state index is -0.666. The van der Waals surface area contributed by atoms with Crippen molar-refractivity contribution in [1.82, 2.24) is 0 Å². The number of rotatable bonds is 9. The molecule has 0 aromatic heterocycles. The third kappa shape index (κ3) is 6.14. The number of allylic oxidation sites excluding steroid dienone is 3. The second-order valence-corrected chi connectivity index (χ2v) is 14.2. The Balaban J connectivity index is 1.26. The average Bonchev–Trinajstić information content (AvgIpc) is 3.47. The molecule has 0 bridgehead atoms. The molecule has 0 saturated carbocycles. The van der Waals surface area contributed by atoms with Crippen LogP contribution in [0.4, 0.5) is 28.4 Å². The van der Waals surface area contributed by atoms with Crippen LogP contribution < -0.4 is 16.4 Å². The number of fused-ring (bicyclic) bond motifs is 5. The minimum Gasteiger partial charge on any atom is -0.399 e. The Morgan fingerprint density at radius 1 is 0.509 bits per heavy atom. The summed E-state index contributed by atoms with van der Waals surface area (Å²) in [5, 5.41) is 12.2. The van der Waals surface area contributed by atoms with Crippen LogP contribution in [0, 0.1) is 0 Å². The van der Waals surface area contributed by atoms with Crippen LogP contribution in [0.2, 0.25) is 0 Å². The van der Waals surface area contributed by atoms with Gasteiger partial charge in [-0.1, -0.05) is 134 Å². The standard InChI is InChI=1S/C51H40N4/c1-3-4-13-30-53-51(2)47-31-38(52)24-29-41(47)44-32-45-46(33-48(44)51)50(55-40-27-22-37(23-28-40)35-16-9-6-10-17-35)43-19-12-11-18-42(43)49(45)54-39-25-20-36(21-26-39)34-14-7-5-8-15-34/h3-33,54-55H,1,52H2,2H3/b13-4-,53-30?. The zero-order chi connectivity index (χ0) is 37.4. The summed E-state index contributed by atoms with van der Waals surface area (Å²) >= 11 is 0. The SMILES string of the molecule is C=C/C=C\C=NC1(C)c2cc(N)ccc2-c2cc3c(Nc4ccc(-c5ccccc5)cc4)c4ccccc4c(Nc4ccc(-c5ccccc5)cc4)c3cc21. The first kappa shape index (κ1) is 33.7. The molecule has 4 N–H and O–H groups in total. The average molecular weight is 709 g/mol. The van der Waals surface area contributed by atoms with E-state index in [2.05, 4.69) is 170 Å². The Morgan fingerprint density at radius 2 is 1.00 bits per heavy atom. The van der Waals surface area contributed by atoms with E-state index in [1.807, 2.05) is 36.6 Å². The van der Waals surface area contributed by atoms with Crippen molar-refractivity contribution in [1.29, 1.82) is 0 Å². The van der Waals surface area contributed by atoms with Gasteiger partial charge in [0.25, 0.3) is 0 Å². The number of aliphatic imine (C=N–C) groups is 1. The smallest absolute Gasteiger partial charge is 0.109 e. The molecule has 1 aliphatic rings. The van der Waals surface area contributed by atoms with Gasteiger partial charge in [0.2, 0.25) is 0 Å². The summed E-state index contributed by atoms with van der Waals surface area (Å²) in [4.78, 5) is 5.21. The third-order valence-corrected chi connectivity index (χ3v) is 10.7. The Morgan fingerprint density at radius 3 is 1.55 bits per heavy atom. The van der Waals surface area contributed by atoms with Crippen LogP contribution in [-0.2, 0) is 5.54 Å². The highest BCUT2D eigenvalue weighted by molar-refractivity contribution is 6.22. The van der Waals surface area contributed by atoms with Crippen molar-refractivity contribution in [2.75, 3.05) is 16.4 Å². The molecule has 55 heavy (non-hydrogen) atoms. The lowest BCUT2D eigenvalue weighted by Crippen LogP contribution is -2.18. The maximum absolute atomic E-state index is 6.45. The maximum Gasteiger partial charge on any atom is 0.109 e. The van der Waals surface area contributed by atoms with Crippen LogP contribution in [0.3, 0.4) is 0 Å². The molecule has 1 unspecified atom stereocenters. The summed E-state index contributed by atoms with van der Waals surface area (Å²) in [6.45, 7) is 6.02. The van der Waals surface area contributed by atoms with Crippen LogP contribution in [0.5, 0.6) is 0 Å². The van der Waals surface area contributed by atoms with Gasteiger partial charge in [0.1, 0.15) is 5.54 Å². The molecule has 264 valence electrons. The van der Waals surface area contributed by atoms with Crippen molar-refractivity contribution in [3.63, 3.8) is 0 Å². The zero-order valence-corrected chi connectivity index (χ0v) is 30.6. The first-order valence-corrected chi connectivity index (χ1v) is 18.6. The van der Waals surface area contributed by atoms with E-state index in [0.29, 0.717) is 5.69 Å². The summed E-state index contributed by atoms with van der Waals surface area (Å²) in [6.07, 6.45) is 7.45. The van der Waals surface area contributed by atoms with Crippen molar-refractivity contribution < 1.29 is 0 Å².